The topological polar surface area (TPSA) is 26.3 Å². The molecule has 0 amide bonds. The number of hydrogen-bond acceptors (Lipinski definition) is 3. The predicted octanol–water partition coefficient (Wildman–Crippen LogP) is 0.443. The summed E-state index contributed by atoms with van der Waals surface area (Å²) in [5.41, 5.74) is 0. The van der Waals surface area contributed by atoms with E-state index in [0.717, 1.165) is 0 Å². The van der Waals surface area contributed by atoms with Crippen molar-refractivity contribution in [3.05, 3.63) is 0 Å². The Morgan fingerprint density at radius 1 is 1.75 bits per heavy atom. The van der Waals surface area contributed by atoms with Crippen molar-refractivity contribution in [2.24, 2.45) is 0 Å². The Labute approximate surface area is 62.3 Å². The molecule has 0 N–H and O–H groups in total. The van der Waals surface area contributed by atoms with Crippen molar-refractivity contribution >= 4 is 38.8 Å². The SMILES string of the molecule is [CH3][SnH]([CH3])[O]C(=O)CS. The molecule has 0 aliphatic heterocycles. The molecule has 0 saturated carbocycles. The van der Waals surface area contributed by atoms with E-state index in [9.17, 15) is 4.79 Å². The van der Waals surface area contributed by atoms with Gasteiger partial charge in [-0.3, -0.25) is 0 Å². The van der Waals surface area contributed by atoms with Gasteiger partial charge in [-0.25, -0.2) is 0 Å². The van der Waals surface area contributed by atoms with Gasteiger partial charge in [0.05, 0.1) is 0 Å². The van der Waals surface area contributed by atoms with Gasteiger partial charge >= 0.3 is 62.3 Å². The Kier molecular flexibility index (Phi) is 4.84. The average Bonchev–Trinajstić information content (AvgIpc) is 1.65. The summed E-state index contributed by atoms with van der Waals surface area (Å²) in [6, 6.07) is 0. The summed E-state index contributed by atoms with van der Waals surface area (Å²) in [4.78, 5) is 14.4. The third-order valence-electron chi connectivity index (χ3n) is 0.496. The van der Waals surface area contributed by atoms with Crippen LogP contribution < -0.4 is 0 Å². The molecule has 48 valence electrons. The van der Waals surface area contributed by atoms with Crippen LogP contribution in [0.1, 0.15) is 0 Å². The van der Waals surface area contributed by atoms with Gasteiger partial charge in [0.2, 0.25) is 0 Å². The molecule has 0 aliphatic carbocycles. The zero-order valence-corrected chi connectivity index (χ0v) is 9.24. The van der Waals surface area contributed by atoms with Gasteiger partial charge in [-0.05, 0) is 0 Å². The number of thiol groups is 1. The van der Waals surface area contributed by atoms with Gasteiger partial charge in [0.15, 0.2) is 0 Å². The van der Waals surface area contributed by atoms with E-state index in [4.69, 9.17) is 3.07 Å². The van der Waals surface area contributed by atoms with E-state index < -0.39 is 20.2 Å². The second-order valence-corrected chi connectivity index (χ2v) is 8.67. The molecule has 0 heterocycles. The van der Waals surface area contributed by atoms with Crippen LogP contribution in [0.4, 0.5) is 0 Å². The molecule has 0 aromatic rings. The van der Waals surface area contributed by atoms with Crippen molar-refractivity contribution in [1.29, 1.82) is 0 Å². The van der Waals surface area contributed by atoms with E-state index in [1.807, 2.05) is 9.88 Å². The first kappa shape index (κ1) is 8.62. The second kappa shape index (κ2) is 4.49. The van der Waals surface area contributed by atoms with Gasteiger partial charge in [0, 0.05) is 0 Å². The summed E-state index contributed by atoms with van der Waals surface area (Å²) < 4.78 is 4.89. The Bertz CT molecular complexity index is 84.1. The van der Waals surface area contributed by atoms with Crippen LogP contribution in [0.15, 0.2) is 0 Å². The van der Waals surface area contributed by atoms with Crippen molar-refractivity contribution in [3.63, 3.8) is 0 Å². The van der Waals surface area contributed by atoms with Crippen molar-refractivity contribution in [2.45, 2.75) is 9.88 Å². The zero-order valence-electron chi connectivity index (χ0n) is 5.05. The maximum absolute atomic E-state index is 10.4. The Balaban J connectivity index is 3.25. The maximum atomic E-state index is 10.4. The summed E-state index contributed by atoms with van der Waals surface area (Å²) in [5, 5.41) is 0. The van der Waals surface area contributed by atoms with Crippen LogP contribution in [0.5, 0.6) is 0 Å². The zero-order chi connectivity index (χ0) is 6.57. The molecule has 0 spiro atoms. The minimum absolute atomic E-state index is 0.167. The van der Waals surface area contributed by atoms with Crippen molar-refractivity contribution in [2.75, 3.05) is 5.75 Å². The molecule has 0 atom stereocenters. The molecule has 2 nitrogen and oxygen atoms in total. The summed E-state index contributed by atoms with van der Waals surface area (Å²) in [6.07, 6.45) is 0. The molecule has 0 unspecified atom stereocenters. The Morgan fingerprint density at radius 2 is 2.25 bits per heavy atom. The molecular weight excluding hydrogens is 231 g/mol. The van der Waals surface area contributed by atoms with Gasteiger partial charge in [-0.15, -0.1) is 0 Å². The molecule has 0 saturated heterocycles. The molecule has 0 radical (unpaired) electrons. The second-order valence-electron chi connectivity index (χ2n) is 1.70. The predicted molar refractivity (Wildman–Crippen MR) is 38.8 cm³/mol. The third kappa shape index (κ3) is 4.77. The Hall–Kier alpha value is 0.619. The first-order valence-electron chi connectivity index (χ1n) is 2.47. The minimum atomic E-state index is -1.72. The van der Waals surface area contributed by atoms with Gasteiger partial charge < -0.3 is 0 Å². The molecule has 0 aromatic carbocycles. The quantitative estimate of drug-likeness (QED) is 0.560. The van der Waals surface area contributed by atoms with Crippen LogP contribution in [0, 0.1) is 0 Å². The molecule has 0 aliphatic rings. The van der Waals surface area contributed by atoms with Crippen LogP contribution >= 0.6 is 12.6 Å². The summed E-state index contributed by atoms with van der Waals surface area (Å²) >= 11 is 2.03. The fourth-order valence-corrected chi connectivity index (χ4v) is 2.51. The van der Waals surface area contributed by atoms with Crippen LogP contribution in [0.25, 0.3) is 0 Å². The van der Waals surface area contributed by atoms with E-state index in [-0.39, 0.29) is 11.7 Å². The summed E-state index contributed by atoms with van der Waals surface area (Å²) in [5.74, 6) is 0.0499. The van der Waals surface area contributed by atoms with Crippen molar-refractivity contribution < 1.29 is 7.87 Å². The molecule has 0 bridgehead atoms. The number of carbonyl (C=O) groups excluding carboxylic acids is 1. The van der Waals surface area contributed by atoms with E-state index in [2.05, 4.69) is 12.6 Å². The van der Waals surface area contributed by atoms with E-state index >= 15 is 0 Å². The summed E-state index contributed by atoms with van der Waals surface area (Å²) in [7, 11) is 0. The van der Waals surface area contributed by atoms with Crippen LogP contribution in [-0.4, -0.2) is 31.9 Å². The molecule has 0 aromatic heterocycles. The number of carbonyl (C=O) groups is 1. The first-order valence-corrected chi connectivity index (χ1v) is 11.0. The van der Waals surface area contributed by atoms with E-state index in [0.29, 0.717) is 0 Å². The molecule has 0 fully saturated rings. The normalized spacial score (nSPS) is 9.50. The molecule has 4 heteroatoms. The van der Waals surface area contributed by atoms with Crippen molar-refractivity contribution in [1.82, 2.24) is 0 Å². The van der Waals surface area contributed by atoms with E-state index in [1.165, 1.54) is 0 Å². The van der Waals surface area contributed by atoms with Crippen molar-refractivity contribution in [3.8, 4) is 0 Å². The van der Waals surface area contributed by atoms with E-state index in [1.54, 1.807) is 0 Å². The van der Waals surface area contributed by atoms with Gasteiger partial charge in [0.1, 0.15) is 0 Å². The monoisotopic (exact) mass is 242 g/mol. The van der Waals surface area contributed by atoms with Gasteiger partial charge in [-0.2, -0.15) is 0 Å². The fraction of sp³-hybridized carbons (Fsp3) is 0.750. The molecule has 0 rings (SSSR count). The summed E-state index contributed by atoms with van der Waals surface area (Å²) in [6.45, 7) is 0. The first-order chi connectivity index (χ1) is 3.66. The average molecular weight is 241 g/mol. The molecule has 8 heavy (non-hydrogen) atoms. The van der Waals surface area contributed by atoms with Crippen LogP contribution in [-0.2, 0) is 7.87 Å². The number of rotatable bonds is 2. The molecular formula is C4H10O2SSn. The van der Waals surface area contributed by atoms with Gasteiger partial charge in [-0.1, -0.05) is 0 Å². The Morgan fingerprint density at radius 3 is 2.38 bits per heavy atom. The van der Waals surface area contributed by atoms with Gasteiger partial charge in [0.25, 0.3) is 0 Å². The fourth-order valence-electron chi connectivity index (χ4n) is 0.300. The van der Waals surface area contributed by atoms with Crippen LogP contribution in [0.3, 0.4) is 0 Å². The van der Waals surface area contributed by atoms with Crippen LogP contribution in [0.2, 0.25) is 9.88 Å². The third-order valence-corrected chi connectivity index (χ3v) is 2.85. The number of hydrogen-bond donors (Lipinski definition) is 1. The standard InChI is InChI=1S/C2H4O2S.2CH3.Sn.H/c3-2(4)1-5;;;;/h5H,1H2,(H,3,4);2*1H3;;/q;;;+1;/p-1.